The number of hydrogen-bond acceptors (Lipinski definition) is 8. The van der Waals surface area contributed by atoms with E-state index >= 15 is 0 Å². The second-order valence-electron chi connectivity index (χ2n) is 6.34. The highest BCUT2D eigenvalue weighted by Crippen LogP contribution is 2.42. The summed E-state index contributed by atoms with van der Waals surface area (Å²) in [5, 5.41) is 12.2. The maximum Gasteiger partial charge on any atom is 0.449 e. The van der Waals surface area contributed by atoms with Crippen LogP contribution in [0.3, 0.4) is 0 Å². The fourth-order valence-corrected chi connectivity index (χ4v) is 3.29. The predicted octanol–water partition coefficient (Wildman–Crippen LogP) is 3.64. The van der Waals surface area contributed by atoms with Gasteiger partial charge < -0.3 is 28.8 Å². The maximum absolute atomic E-state index is 12.6. The summed E-state index contributed by atoms with van der Waals surface area (Å²) in [6.45, 7) is -0.430. The summed E-state index contributed by atoms with van der Waals surface area (Å²) in [5.74, 6) is -4.68. The number of nitrogens with one attached hydrogen (secondary N) is 1. The molecule has 0 aliphatic heterocycles. The Kier molecular flexibility index (Phi) is 9.30. The Labute approximate surface area is 181 Å². The molecule has 3 atom stereocenters. The van der Waals surface area contributed by atoms with E-state index in [4.69, 9.17) is 9.26 Å². The van der Waals surface area contributed by atoms with E-state index in [0.29, 0.717) is 6.07 Å². The molecule has 0 saturated heterocycles. The topological polar surface area (TPSA) is 124 Å². The smallest absolute Gasteiger partial charge is 0.449 e. The molecule has 2 aromatic rings. The number of alkyl halides is 3. The van der Waals surface area contributed by atoms with Crippen LogP contribution in [0.4, 0.5) is 18.0 Å². The molecule has 13 heteroatoms. The average Bonchev–Trinajstić information content (AvgIpc) is 3.27. The van der Waals surface area contributed by atoms with E-state index in [1.54, 1.807) is 30.3 Å². The lowest BCUT2D eigenvalue weighted by Gasteiger charge is -2.17. The summed E-state index contributed by atoms with van der Waals surface area (Å²) in [5.41, 5.74) is 0.722. The van der Waals surface area contributed by atoms with E-state index in [1.165, 1.54) is 0 Å². The minimum absolute atomic E-state index is 0.0416. The monoisotopic (exact) mass is 479 g/mol. The van der Waals surface area contributed by atoms with Crippen LogP contribution >= 0.6 is 8.03 Å². The molecule has 2 rings (SSSR count). The van der Waals surface area contributed by atoms with Gasteiger partial charge >= 0.3 is 18.2 Å². The van der Waals surface area contributed by atoms with E-state index in [0.717, 1.165) is 18.7 Å². The van der Waals surface area contributed by atoms with Crippen molar-refractivity contribution in [3.8, 4) is 0 Å². The quantitative estimate of drug-likeness (QED) is 0.391. The molecule has 0 spiro atoms. The van der Waals surface area contributed by atoms with Gasteiger partial charge in [-0.2, -0.15) is 13.2 Å². The van der Waals surface area contributed by atoms with E-state index in [-0.39, 0.29) is 19.6 Å². The highest BCUT2D eigenvalue weighted by atomic mass is 31.1. The zero-order valence-electron chi connectivity index (χ0n) is 16.8. The number of methoxy groups -OCH3 is 1. The molecular weight excluding hydrogens is 458 g/mol. The van der Waals surface area contributed by atoms with Crippen LogP contribution in [0.15, 0.2) is 46.9 Å². The molecule has 176 valence electrons. The van der Waals surface area contributed by atoms with Crippen LogP contribution in [0.2, 0.25) is 0 Å². The zero-order chi connectivity index (χ0) is 23.7. The molecule has 2 N–H and O–H groups in total. The number of aliphatic hydroxyl groups is 1. The lowest BCUT2D eigenvalue weighted by atomic mass is 10.2. The molecule has 0 aliphatic rings. The van der Waals surface area contributed by atoms with Crippen molar-refractivity contribution in [2.45, 2.75) is 31.1 Å². The first kappa shape index (κ1) is 25.4. The molecule has 0 radical (unpaired) electrons. The lowest BCUT2D eigenvalue weighted by molar-refractivity contribution is -0.153. The van der Waals surface area contributed by atoms with Crippen molar-refractivity contribution in [1.82, 2.24) is 5.32 Å². The van der Waals surface area contributed by atoms with E-state index in [2.05, 4.69) is 14.5 Å². The summed E-state index contributed by atoms with van der Waals surface area (Å²) in [6.07, 6.45) is -5.88. The van der Waals surface area contributed by atoms with Crippen LogP contribution in [0.1, 0.15) is 29.3 Å². The molecule has 0 aliphatic carbocycles. The largest absolute Gasteiger partial charge is 0.467 e. The minimum atomic E-state index is -4.76. The first-order valence-electron chi connectivity index (χ1n) is 9.18. The van der Waals surface area contributed by atoms with E-state index in [9.17, 15) is 32.4 Å². The highest BCUT2D eigenvalue weighted by molar-refractivity contribution is 7.39. The molecule has 9 nitrogen and oxygen atoms in total. The van der Waals surface area contributed by atoms with Crippen molar-refractivity contribution in [3.63, 3.8) is 0 Å². The van der Waals surface area contributed by atoms with Gasteiger partial charge in [-0.1, -0.05) is 30.3 Å². The van der Waals surface area contributed by atoms with E-state index < -0.39 is 49.7 Å². The van der Waals surface area contributed by atoms with Crippen molar-refractivity contribution in [3.05, 3.63) is 59.5 Å². The third-order valence-corrected chi connectivity index (χ3v) is 5.26. The summed E-state index contributed by atoms with van der Waals surface area (Å²) < 4.78 is 68.7. The second kappa shape index (κ2) is 11.7. The van der Waals surface area contributed by atoms with Crippen molar-refractivity contribution in [2.24, 2.45) is 0 Å². The number of alkyl carbamates (subject to hydrolysis) is 1. The molecule has 0 saturated carbocycles. The molecule has 1 heterocycles. The molecule has 2 unspecified atom stereocenters. The number of aliphatic hydroxyl groups excluding tert-OH is 1. The van der Waals surface area contributed by atoms with Crippen LogP contribution in [-0.2, 0) is 36.1 Å². The van der Waals surface area contributed by atoms with Crippen LogP contribution in [-0.4, -0.2) is 36.9 Å². The van der Waals surface area contributed by atoms with Gasteiger partial charge in [-0.3, -0.25) is 4.57 Å². The van der Waals surface area contributed by atoms with Crippen molar-refractivity contribution in [1.29, 1.82) is 0 Å². The summed E-state index contributed by atoms with van der Waals surface area (Å²) in [6, 6.07) is 8.99. The fourth-order valence-electron chi connectivity index (χ4n) is 2.42. The van der Waals surface area contributed by atoms with Gasteiger partial charge in [0.05, 0.1) is 13.7 Å². The number of furan rings is 1. The molecule has 1 aromatic carbocycles. The van der Waals surface area contributed by atoms with Crippen molar-refractivity contribution >= 4 is 20.1 Å². The number of amides is 1. The van der Waals surface area contributed by atoms with Crippen molar-refractivity contribution < 1.29 is 50.8 Å². The number of rotatable bonds is 10. The number of carbonyl (C=O) groups excluding carboxylic acids is 2. The van der Waals surface area contributed by atoms with Gasteiger partial charge in [0, 0.05) is 6.42 Å². The summed E-state index contributed by atoms with van der Waals surface area (Å²) in [7, 11) is -2.21. The van der Waals surface area contributed by atoms with Gasteiger partial charge in [-0.15, -0.1) is 0 Å². The minimum Gasteiger partial charge on any atom is -0.467 e. The first-order valence-corrected chi connectivity index (χ1v) is 10.6. The Morgan fingerprint density at radius 2 is 1.88 bits per heavy atom. The van der Waals surface area contributed by atoms with Crippen LogP contribution in [0.5, 0.6) is 0 Å². The number of benzene rings is 1. The molecule has 0 bridgehead atoms. The number of halogens is 3. The highest BCUT2D eigenvalue weighted by Gasteiger charge is 2.36. The van der Waals surface area contributed by atoms with Crippen LogP contribution in [0, 0.1) is 0 Å². The molecule has 0 fully saturated rings. The molecule has 32 heavy (non-hydrogen) atoms. The standard InChI is InChI=1S/C19H21F3NO8P/c1-28-16(24)13(23-18(26)29-11-12-5-3-2-4-6-12)9-10-30-32(27)17(25)14-7-8-15(31-14)19(20,21)22/h2-8,13,17,25,32H,9-11H2,1H3,(H,23,26)/t13-,17?/m0/s1. The third-order valence-electron chi connectivity index (χ3n) is 4.04. The van der Waals surface area contributed by atoms with Gasteiger partial charge in [-0.05, 0) is 17.7 Å². The fraction of sp³-hybridized carbons (Fsp3) is 0.368. The van der Waals surface area contributed by atoms with Gasteiger partial charge in [0.1, 0.15) is 18.4 Å². The maximum atomic E-state index is 12.6. The zero-order valence-corrected chi connectivity index (χ0v) is 17.8. The third kappa shape index (κ3) is 7.70. The Balaban J connectivity index is 1.84. The summed E-state index contributed by atoms with van der Waals surface area (Å²) >= 11 is 0. The molecule has 1 aromatic heterocycles. The van der Waals surface area contributed by atoms with Crippen LogP contribution < -0.4 is 5.32 Å². The Bertz CT molecular complexity index is 919. The van der Waals surface area contributed by atoms with Gasteiger partial charge in [0.2, 0.25) is 13.8 Å². The normalized spacial score (nSPS) is 14.3. The SMILES string of the molecule is COC(=O)[C@H](CCO[PH](=O)C(O)c1ccc(C(F)(F)F)o1)NC(=O)OCc1ccccc1. The Morgan fingerprint density at radius 3 is 2.47 bits per heavy atom. The van der Waals surface area contributed by atoms with E-state index in [1.807, 2.05) is 0 Å². The predicted molar refractivity (Wildman–Crippen MR) is 104 cm³/mol. The van der Waals surface area contributed by atoms with Crippen molar-refractivity contribution in [2.75, 3.05) is 13.7 Å². The van der Waals surface area contributed by atoms with Gasteiger partial charge in [-0.25, -0.2) is 9.59 Å². The lowest BCUT2D eigenvalue weighted by Crippen LogP contribution is -2.42. The van der Waals surface area contributed by atoms with Gasteiger partial charge in [0.25, 0.3) is 0 Å². The molecule has 1 amide bonds. The summed E-state index contributed by atoms with van der Waals surface area (Å²) in [4.78, 5) is 23.8. The number of ether oxygens (including phenoxy) is 2. The Morgan fingerprint density at radius 1 is 1.19 bits per heavy atom. The number of esters is 1. The first-order chi connectivity index (χ1) is 15.1. The second-order valence-corrected chi connectivity index (χ2v) is 7.81. The van der Waals surface area contributed by atoms with Crippen LogP contribution in [0.25, 0.3) is 0 Å². The molecular formula is C19H21F3NO8P. The Hall–Kier alpha value is -2.82. The number of carbonyl (C=O) groups is 2. The van der Waals surface area contributed by atoms with Gasteiger partial charge in [0.15, 0.2) is 5.85 Å². The number of hydrogen-bond donors (Lipinski definition) is 2. The average molecular weight is 479 g/mol.